The molecule has 148 valence electrons. The Balaban J connectivity index is 1.68. The smallest absolute Gasteiger partial charge is 0.407 e. The number of hydrogen-bond acceptors (Lipinski definition) is 6. The summed E-state index contributed by atoms with van der Waals surface area (Å²) >= 11 is 0. The van der Waals surface area contributed by atoms with Gasteiger partial charge in [0.2, 0.25) is 5.78 Å². The molecule has 0 aromatic heterocycles. The maximum atomic E-state index is 12.0. The molecule has 0 radical (unpaired) electrons. The average Bonchev–Trinajstić information content (AvgIpc) is 3.19. The molecule has 0 aliphatic carbocycles. The number of amides is 1. The molecular weight excluding hydrogens is 348 g/mol. The van der Waals surface area contributed by atoms with E-state index >= 15 is 0 Å². The van der Waals surface area contributed by atoms with Gasteiger partial charge in [0.25, 0.3) is 0 Å². The van der Waals surface area contributed by atoms with Gasteiger partial charge in [0, 0.05) is 19.1 Å². The van der Waals surface area contributed by atoms with Gasteiger partial charge in [-0.2, -0.15) is 0 Å². The van der Waals surface area contributed by atoms with Gasteiger partial charge in [-0.15, -0.1) is 0 Å². The Labute approximate surface area is 160 Å². The minimum atomic E-state index is -0.513. The predicted octanol–water partition coefficient (Wildman–Crippen LogP) is 2.76. The van der Waals surface area contributed by atoms with E-state index in [1.54, 1.807) is 13.2 Å². The van der Waals surface area contributed by atoms with Crippen molar-refractivity contribution in [1.29, 1.82) is 0 Å². The molecule has 7 nitrogen and oxygen atoms in total. The van der Waals surface area contributed by atoms with E-state index in [1.165, 1.54) is 0 Å². The summed E-state index contributed by atoms with van der Waals surface area (Å²) in [6.45, 7) is 7.67. The molecule has 27 heavy (non-hydrogen) atoms. The summed E-state index contributed by atoms with van der Waals surface area (Å²) in [6.07, 6.45) is 1.64. The first-order chi connectivity index (χ1) is 12.8. The summed E-state index contributed by atoms with van der Waals surface area (Å²) in [6, 6.07) is 3.79. The van der Waals surface area contributed by atoms with E-state index in [2.05, 4.69) is 10.2 Å². The van der Waals surface area contributed by atoms with Crippen molar-refractivity contribution in [3.63, 3.8) is 0 Å². The van der Waals surface area contributed by atoms with Gasteiger partial charge >= 0.3 is 6.09 Å². The van der Waals surface area contributed by atoms with E-state index in [-0.39, 0.29) is 18.4 Å². The van der Waals surface area contributed by atoms with Gasteiger partial charge in [0.1, 0.15) is 17.1 Å². The van der Waals surface area contributed by atoms with Crippen molar-refractivity contribution in [3.05, 3.63) is 23.3 Å². The summed E-state index contributed by atoms with van der Waals surface area (Å²) in [5.41, 5.74) is 1.000. The van der Waals surface area contributed by atoms with Crippen LogP contribution in [-0.4, -0.2) is 55.2 Å². The fourth-order valence-corrected chi connectivity index (χ4v) is 3.60. The van der Waals surface area contributed by atoms with E-state index in [4.69, 9.17) is 14.2 Å². The lowest BCUT2D eigenvalue weighted by Crippen LogP contribution is -2.41. The SMILES string of the molecule is COc1ccc2c(c1CN1CCCC1CNC(=O)OC(C)(C)C)OCC2=O. The first-order valence-electron chi connectivity index (χ1n) is 9.35. The minimum Gasteiger partial charge on any atom is -0.496 e. The highest BCUT2D eigenvalue weighted by Crippen LogP contribution is 2.38. The van der Waals surface area contributed by atoms with Crippen LogP contribution in [0.3, 0.4) is 0 Å². The summed E-state index contributed by atoms with van der Waals surface area (Å²) in [4.78, 5) is 26.2. The zero-order chi connectivity index (χ0) is 19.6. The molecule has 0 saturated carbocycles. The van der Waals surface area contributed by atoms with Crippen LogP contribution in [0.2, 0.25) is 0 Å². The summed E-state index contributed by atoms with van der Waals surface area (Å²) in [5.74, 6) is 1.35. The highest BCUT2D eigenvalue weighted by molar-refractivity contribution is 6.03. The topological polar surface area (TPSA) is 77.1 Å². The van der Waals surface area contributed by atoms with E-state index in [1.807, 2.05) is 26.8 Å². The van der Waals surface area contributed by atoms with Crippen LogP contribution in [0.4, 0.5) is 4.79 Å². The van der Waals surface area contributed by atoms with E-state index in [0.29, 0.717) is 30.2 Å². The molecule has 1 fully saturated rings. The lowest BCUT2D eigenvalue weighted by atomic mass is 10.1. The number of benzene rings is 1. The van der Waals surface area contributed by atoms with E-state index < -0.39 is 11.7 Å². The summed E-state index contributed by atoms with van der Waals surface area (Å²) in [5, 5.41) is 2.87. The van der Waals surface area contributed by atoms with Gasteiger partial charge in [0.05, 0.1) is 18.2 Å². The first kappa shape index (κ1) is 19.5. The van der Waals surface area contributed by atoms with E-state index in [0.717, 1.165) is 24.9 Å². The number of nitrogens with one attached hydrogen (secondary N) is 1. The third-order valence-electron chi connectivity index (χ3n) is 4.83. The molecule has 1 atom stereocenters. The number of likely N-dealkylation sites (tertiary alicyclic amines) is 1. The Hall–Kier alpha value is -2.28. The second kappa shape index (κ2) is 7.76. The molecule has 2 aliphatic heterocycles. The molecule has 1 aromatic carbocycles. The number of ether oxygens (including phenoxy) is 3. The second-order valence-electron chi connectivity index (χ2n) is 7.98. The van der Waals surface area contributed by atoms with Crippen LogP contribution in [0.25, 0.3) is 0 Å². The number of Topliss-reactive ketones (excluding diaryl/α,β-unsaturated/α-hetero) is 1. The second-order valence-corrected chi connectivity index (χ2v) is 7.98. The molecular formula is C20H28N2O5. The van der Waals surface area contributed by atoms with Crippen molar-refractivity contribution in [2.45, 2.75) is 51.8 Å². The molecule has 1 unspecified atom stereocenters. The fraction of sp³-hybridized carbons (Fsp3) is 0.600. The molecule has 2 heterocycles. The largest absolute Gasteiger partial charge is 0.496 e. The highest BCUT2D eigenvalue weighted by Gasteiger charge is 2.31. The number of alkyl carbamates (subject to hydrolysis) is 1. The van der Waals surface area contributed by atoms with Gasteiger partial charge in [-0.05, 0) is 52.3 Å². The normalized spacial score (nSPS) is 19.6. The van der Waals surface area contributed by atoms with Crippen LogP contribution in [0, 0.1) is 0 Å². The Kier molecular flexibility index (Phi) is 5.60. The molecule has 0 spiro atoms. The monoisotopic (exact) mass is 376 g/mol. The average molecular weight is 376 g/mol. The van der Waals surface area contributed by atoms with Crippen molar-refractivity contribution >= 4 is 11.9 Å². The molecule has 7 heteroatoms. The molecule has 1 N–H and O–H groups in total. The van der Waals surface area contributed by atoms with E-state index in [9.17, 15) is 9.59 Å². The zero-order valence-electron chi connectivity index (χ0n) is 16.5. The van der Waals surface area contributed by atoms with Gasteiger partial charge < -0.3 is 19.5 Å². The molecule has 1 aromatic rings. The van der Waals surface area contributed by atoms with Gasteiger partial charge in [0.15, 0.2) is 6.61 Å². The van der Waals surface area contributed by atoms with Gasteiger partial charge in [-0.25, -0.2) is 4.79 Å². The van der Waals surface area contributed by atoms with Crippen molar-refractivity contribution in [1.82, 2.24) is 10.2 Å². The van der Waals surface area contributed by atoms with Crippen LogP contribution >= 0.6 is 0 Å². The summed E-state index contributed by atoms with van der Waals surface area (Å²) in [7, 11) is 1.62. The number of carbonyl (C=O) groups is 2. The van der Waals surface area contributed by atoms with Crippen LogP contribution in [0.15, 0.2) is 12.1 Å². The molecule has 3 rings (SSSR count). The number of methoxy groups -OCH3 is 1. The van der Waals surface area contributed by atoms with Crippen LogP contribution in [-0.2, 0) is 11.3 Å². The van der Waals surface area contributed by atoms with Crippen LogP contribution < -0.4 is 14.8 Å². The predicted molar refractivity (Wildman–Crippen MR) is 100 cm³/mol. The van der Waals surface area contributed by atoms with Crippen molar-refractivity contribution in [2.75, 3.05) is 26.8 Å². The number of hydrogen-bond donors (Lipinski definition) is 1. The van der Waals surface area contributed by atoms with Crippen molar-refractivity contribution in [3.8, 4) is 11.5 Å². The van der Waals surface area contributed by atoms with Gasteiger partial charge in [-0.1, -0.05) is 0 Å². The lowest BCUT2D eigenvalue weighted by Gasteiger charge is -2.27. The molecule has 0 bridgehead atoms. The Morgan fingerprint density at radius 2 is 2.15 bits per heavy atom. The van der Waals surface area contributed by atoms with Gasteiger partial charge in [-0.3, -0.25) is 9.69 Å². The number of carbonyl (C=O) groups excluding carboxylic acids is 2. The Bertz CT molecular complexity index is 726. The minimum absolute atomic E-state index is 0.00142. The lowest BCUT2D eigenvalue weighted by molar-refractivity contribution is 0.0512. The number of ketones is 1. The van der Waals surface area contributed by atoms with Crippen LogP contribution in [0.5, 0.6) is 11.5 Å². The highest BCUT2D eigenvalue weighted by atomic mass is 16.6. The third kappa shape index (κ3) is 4.53. The maximum absolute atomic E-state index is 12.0. The van der Waals surface area contributed by atoms with Crippen LogP contribution in [0.1, 0.15) is 49.5 Å². The number of nitrogens with zero attached hydrogens (tertiary/aromatic N) is 1. The van der Waals surface area contributed by atoms with Crippen molar-refractivity contribution < 1.29 is 23.8 Å². The standard InChI is InChI=1S/C20H28N2O5/c1-20(2,3)27-19(24)21-10-13-6-5-9-22(13)11-15-17(25-4)8-7-14-16(23)12-26-18(14)15/h7-8,13H,5-6,9-12H2,1-4H3,(H,21,24). The number of rotatable bonds is 5. The quantitative estimate of drug-likeness (QED) is 0.852. The molecule has 1 saturated heterocycles. The summed E-state index contributed by atoms with van der Waals surface area (Å²) < 4.78 is 16.4. The molecule has 2 aliphatic rings. The third-order valence-corrected chi connectivity index (χ3v) is 4.83. The first-order valence-corrected chi connectivity index (χ1v) is 9.35. The zero-order valence-corrected chi connectivity index (χ0v) is 16.5. The Morgan fingerprint density at radius 1 is 1.37 bits per heavy atom. The van der Waals surface area contributed by atoms with Crippen molar-refractivity contribution in [2.24, 2.45) is 0 Å². The molecule has 1 amide bonds. The Morgan fingerprint density at radius 3 is 2.85 bits per heavy atom. The maximum Gasteiger partial charge on any atom is 0.407 e. The fourth-order valence-electron chi connectivity index (χ4n) is 3.60. The number of fused-ring (bicyclic) bond motifs is 1.